The van der Waals surface area contributed by atoms with Crippen molar-refractivity contribution in [1.29, 1.82) is 0 Å². The van der Waals surface area contributed by atoms with E-state index in [1.54, 1.807) is 6.92 Å². The molecule has 8 heteroatoms. The summed E-state index contributed by atoms with van der Waals surface area (Å²) in [7, 11) is 0. The number of hydrogen-bond donors (Lipinski definition) is 2. The van der Waals surface area contributed by atoms with E-state index < -0.39 is 17.9 Å². The molecule has 0 saturated carbocycles. The zero-order valence-corrected chi connectivity index (χ0v) is 18.4. The predicted octanol–water partition coefficient (Wildman–Crippen LogP) is 5.23. The summed E-state index contributed by atoms with van der Waals surface area (Å²) in [6.45, 7) is 4.05. The summed E-state index contributed by atoms with van der Waals surface area (Å²) in [5, 5.41) is 21.2. The van der Waals surface area contributed by atoms with Crippen LogP contribution in [0, 0.1) is 5.82 Å². The van der Waals surface area contributed by atoms with Crippen LogP contribution < -0.4 is 4.74 Å². The summed E-state index contributed by atoms with van der Waals surface area (Å²) < 4.78 is 26.6. The monoisotopic (exact) mass is 451 g/mol. The second-order valence-electron chi connectivity index (χ2n) is 7.58. The Bertz CT molecular complexity index is 956. The minimum absolute atomic E-state index is 0.0305. The van der Waals surface area contributed by atoms with E-state index in [9.17, 15) is 19.4 Å². The van der Waals surface area contributed by atoms with Crippen LogP contribution >= 0.6 is 11.6 Å². The summed E-state index contributed by atoms with van der Waals surface area (Å²) >= 11 is 6.15. The average molecular weight is 452 g/mol. The smallest absolute Gasteiger partial charge is 0.330 e. The Morgan fingerprint density at radius 1 is 1.26 bits per heavy atom. The van der Waals surface area contributed by atoms with Crippen LogP contribution in [0.3, 0.4) is 0 Å². The number of aromatic nitrogens is 1. The Labute approximate surface area is 185 Å². The van der Waals surface area contributed by atoms with Crippen LogP contribution in [0.15, 0.2) is 24.3 Å². The van der Waals surface area contributed by atoms with Gasteiger partial charge in [-0.25, -0.2) is 13.8 Å². The van der Waals surface area contributed by atoms with Gasteiger partial charge in [0.2, 0.25) is 11.8 Å². The van der Waals surface area contributed by atoms with Gasteiger partial charge < -0.3 is 19.7 Å². The van der Waals surface area contributed by atoms with Crippen LogP contribution in [0.5, 0.6) is 17.5 Å². The highest BCUT2D eigenvalue weighted by Gasteiger charge is 2.27. The maximum Gasteiger partial charge on any atom is 0.330 e. The van der Waals surface area contributed by atoms with E-state index in [1.165, 1.54) is 18.2 Å². The first kappa shape index (κ1) is 23.0. The topological polar surface area (TPSA) is 80.9 Å². The van der Waals surface area contributed by atoms with Gasteiger partial charge in [-0.1, -0.05) is 24.9 Å². The molecule has 0 bridgehead atoms. The Balaban J connectivity index is 1.83. The first-order valence-electron chi connectivity index (χ1n) is 10.5. The van der Waals surface area contributed by atoms with Gasteiger partial charge in [-0.3, -0.25) is 0 Å². The molecule has 0 aliphatic heterocycles. The summed E-state index contributed by atoms with van der Waals surface area (Å²) in [5.74, 6) is -1.38. The molecule has 2 aromatic rings. The molecule has 1 aromatic heterocycles. The van der Waals surface area contributed by atoms with Crippen LogP contribution in [-0.2, 0) is 22.4 Å². The number of hydrogen-bond acceptors (Lipinski definition) is 5. The Hall–Kier alpha value is -2.67. The molecule has 1 heterocycles. The molecule has 6 nitrogen and oxygen atoms in total. The van der Waals surface area contributed by atoms with Crippen molar-refractivity contribution in [1.82, 2.24) is 4.57 Å². The number of carbonyl (C=O) groups excluding carboxylic acids is 1. The fourth-order valence-corrected chi connectivity index (χ4v) is 3.79. The SMILES string of the molecule is CCCCOC(=O)C=CC(C)Oc1cc(-n2c(O)c3c(c2O)CCCC3)c(F)cc1Cl. The minimum Gasteiger partial charge on any atom is -0.494 e. The van der Waals surface area contributed by atoms with Crippen LogP contribution in [0.4, 0.5) is 4.39 Å². The summed E-state index contributed by atoms with van der Waals surface area (Å²) in [5.41, 5.74) is 1.20. The third-order valence-electron chi connectivity index (χ3n) is 5.23. The summed E-state index contributed by atoms with van der Waals surface area (Å²) in [4.78, 5) is 11.7. The van der Waals surface area contributed by atoms with E-state index in [4.69, 9.17) is 21.1 Å². The van der Waals surface area contributed by atoms with Gasteiger partial charge in [-0.05, 0) is 51.2 Å². The number of esters is 1. The molecule has 0 radical (unpaired) electrons. The lowest BCUT2D eigenvalue weighted by atomic mass is 9.95. The Morgan fingerprint density at radius 3 is 2.52 bits per heavy atom. The fourth-order valence-electron chi connectivity index (χ4n) is 3.60. The van der Waals surface area contributed by atoms with Crippen molar-refractivity contribution < 1.29 is 28.9 Å². The van der Waals surface area contributed by atoms with Gasteiger partial charge in [0.1, 0.15) is 17.7 Å². The van der Waals surface area contributed by atoms with Crippen molar-refractivity contribution in [3.63, 3.8) is 0 Å². The van der Waals surface area contributed by atoms with Gasteiger partial charge >= 0.3 is 5.97 Å². The van der Waals surface area contributed by atoms with Gasteiger partial charge in [0.05, 0.1) is 17.3 Å². The molecular weight excluding hydrogens is 425 g/mol. The van der Waals surface area contributed by atoms with Gasteiger partial charge in [-0.15, -0.1) is 0 Å². The van der Waals surface area contributed by atoms with Crippen molar-refractivity contribution in [2.45, 2.75) is 58.5 Å². The number of ether oxygens (including phenoxy) is 2. The zero-order valence-electron chi connectivity index (χ0n) is 17.7. The number of nitrogens with zero attached hydrogens (tertiary/aromatic N) is 1. The van der Waals surface area contributed by atoms with E-state index >= 15 is 0 Å². The fraction of sp³-hybridized carbons (Fsp3) is 0.435. The van der Waals surface area contributed by atoms with E-state index in [1.807, 2.05) is 6.92 Å². The molecule has 31 heavy (non-hydrogen) atoms. The first-order valence-corrected chi connectivity index (χ1v) is 10.9. The van der Waals surface area contributed by atoms with E-state index in [0.717, 1.165) is 36.3 Å². The molecular formula is C23H27ClFNO5. The van der Waals surface area contributed by atoms with Crippen LogP contribution in [0.1, 0.15) is 50.7 Å². The Morgan fingerprint density at radius 2 is 1.90 bits per heavy atom. The molecule has 0 amide bonds. The van der Waals surface area contributed by atoms with Crippen molar-refractivity contribution >= 4 is 17.6 Å². The van der Waals surface area contributed by atoms with Gasteiger partial charge in [0, 0.05) is 23.3 Å². The van der Waals surface area contributed by atoms with Gasteiger partial charge in [0.25, 0.3) is 0 Å². The number of carbonyl (C=O) groups is 1. The lowest BCUT2D eigenvalue weighted by molar-refractivity contribution is -0.137. The second kappa shape index (κ2) is 10.1. The predicted molar refractivity (Wildman–Crippen MR) is 116 cm³/mol. The van der Waals surface area contributed by atoms with E-state index in [-0.39, 0.29) is 28.2 Å². The van der Waals surface area contributed by atoms with Gasteiger partial charge in [0.15, 0.2) is 0 Å². The summed E-state index contributed by atoms with van der Waals surface area (Å²) in [6.07, 6.45) is 6.98. The third-order valence-corrected chi connectivity index (χ3v) is 5.53. The molecule has 1 unspecified atom stereocenters. The van der Waals surface area contributed by atoms with Crippen LogP contribution in [-0.4, -0.2) is 33.5 Å². The number of benzene rings is 1. The van der Waals surface area contributed by atoms with E-state index in [0.29, 0.717) is 30.6 Å². The van der Waals surface area contributed by atoms with Crippen molar-refractivity contribution in [2.24, 2.45) is 0 Å². The minimum atomic E-state index is -0.710. The van der Waals surface area contributed by atoms with Crippen molar-refractivity contribution in [2.75, 3.05) is 6.61 Å². The number of fused-ring (bicyclic) bond motifs is 1. The number of aromatic hydroxyl groups is 2. The molecule has 0 fully saturated rings. The third kappa shape index (κ3) is 5.15. The summed E-state index contributed by atoms with van der Waals surface area (Å²) in [6, 6.07) is 2.39. The molecule has 3 rings (SSSR count). The standard InChI is InChI=1S/C23H27ClFNO5/c1-3-4-11-30-21(27)10-9-14(2)31-20-13-19(18(25)12-17(20)24)26-22(28)15-7-5-6-8-16(15)23(26)29/h9-10,12-14,28-29H,3-8,11H2,1-2H3. The quantitative estimate of drug-likeness (QED) is 0.326. The highest BCUT2D eigenvalue weighted by Crippen LogP contribution is 2.42. The molecule has 2 N–H and O–H groups in total. The normalized spacial score (nSPS) is 14.5. The van der Waals surface area contributed by atoms with E-state index in [2.05, 4.69) is 0 Å². The maximum absolute atomic E-state index is 14.7. The number of unbranched alkanes of at least 4 members (excludes halogenated alkanes) is 1. The molecule has 1 aromatic carbocycles. The molecule has 1 aliphatic rings. The first-order chi connectivity index (χ1) is 14.8. The highest BCUT2D eigenvalue weighted by molar-refractivity contribution is 6.32. The zero-order chi connectivity index (χ0) is 22.5. The van der Waals surface area contributed by atoms with Crippen LogP contribution in [0.25, 0.3) is 5.69 Å². The molecule has 1 aliphatic carbocycles. The highest BCUT2D eigenvalue weighted by atomic mass is 35.5. The van der Waals surface area contributed by atoms with Crippen molar-refractivity contribution in [3.8, 4) is 23.2 Å². The molecule has 1 atom stereocenters. The second-order valence-corrected chi connectivity index (χ2v) is 7.99. The lowest BCUT2D eigenvalue weighted by Gasteiger charge is -2.16. The maximum atomic E-state index is 14.7. The largest absolute Gasteiger partial charge is 0.494 e. The average Bonchev–Trinajstić information content (AvgIpc) is 2.99. The number of halogens is 2. The van der Waals surface area contributed by atoms with Crippen LogP contribution in [0.2, 0.25) is 5.02 Å². The molecule has 168 valence electrons. The molecule has 0 spiro atoms. The number of rotatable bonds is 8. The Kier molecular flexibility index (Phi) is 7.49. The lowest BCUT2D eigenvalue weighted by Crippen LogP contribution is -2.11. The molecule has 0 saturated heterocycles. The van der Waals surface area contributed by atoms with Crippen molar-refractivity contribution in [3.05, 3.63) is 46.3 Å². The van der Waals surface area contributed by atoms with Gasteiger partial charge in [-0.2, -0.15) is 0 Å².